The number of aliphatic hydroxyl groups excluding tert-OH is 1. The van der Waals surface area contributed by atoms with E-state index in [0.717, 1.165) is 5.69 Å². The van der Waals surface area contributed by atoms with E-state index < -0.39 is 0 Å². The zero-order valence-electron chi connectivity index (χ0n) is 11.7. The molecule has 0 bridgehead atoms. The molecule has 1 heterocycles. The maximum absolute atomic E-state index is 9.63. The number of aliphatic hydroxyl groups is 1. The second-order valence-electron chi connectivity index (χ2n) is 5.42. The highest BCUT2D eigenvalue weighted by Gasteiger charge is 2.18. The molecule has 1 aromatic rings. The van der Waals surface area contributed by atoms with Gasteiger partial charge in [-0.05, 0) is 44.3 Å². The molecular formula is C15H24N2O. The third kappa shape index (κ3) is 2.66. The van der Waals surface area contributed by atoms with Crippen LogP contribution in [0, 0.1) is 19.8 Å². The van der Waals surface area contributed by atoms with Crippen molar-refractivity contribution in [3.05, 3.63) is 22.5 Å². The average Bonchev–Trinajstić information content (AvgIpc) is 2.62. The fourth-order valence-corrected chi connectivity index (χ4v) is 2.95. The van der Waals surface area contributed by atoms with E-state index in [0.29, 0.717) is 5.92 Å². The fraction of sp³-hybridized carbons (Fsp3) is 0.667. The van der Waals surface area contributed by atoms with E-state index in [1.165, 1.54) is 48.9 Å². The summed E-state index contributed by atoms with van der Waals surface area (Å²) in [5.41, 5.74) is 4.60. The van der Waals surface area contributed by atoms with Crippen molar-refractivity contribution >= 4 is 6.08 Å². The predicted octanol–water partition coefficient (Wildman–Crippen LogP) is 2.99. The Morgan fingerprint density at radius 2 is 2.00 bits per heavy atom. The molecule has 1 aliphatic carbocycles. The van der Waals surface area contributed by atoms with Crippen LogP contribution < -0.4 is 0 Å². The third-order valence-electron chi connectivity index (χ3n) is 4.21. The molecule has 0 saturated heterocycles. The lowest BCUT2D eigenvalue weighted by Gasteiger charge is -2.23. The highest BCUT2D eigenvalue weighted by Crippen LogP contribution is 2.31. The van der Waals surface area contributed by atoms with Crippen LogP contribution in [0.1, 0.15) is 49.1 Å². The molecule has 18 heavy (non-hydrogen) atoms. The molecule has 0 atom stereocenters. The van der Waals surface area contributed by atoms with Crippen molar-refractivity contribution in [2.45, 2.75) is 46.0 Å². The summed E-state index contributed by atoms with van der Waals surface area (Å²) in [6, 6.07) is 0. The second kappa shape index (κ2) is 5.70. The largest absolute Gasteiger partial charge is 0.392 e. The van der Waals surface area contributed by atoms with Gasteiger partial charge in [0.15, 0.2) is 0 Å². The molecule has 0 radical (unpaired) electrons. The van der Waals surface area contributed by atoms with Gasteiger partial charge in [-0.1, -0.05) is 19.3 Å². The molecular weight excluding hydrogens is 224 g/mol. The second-order valence-corrected chi connectivity index (χ2v) is 5.42. The van der Waals surface area contributed by atoms with Crippen LogP contribution in [0.25, 0.3) is 6.08 Å². The molecule has 0 spiro atoms. The number of hydrogen-bond donors (Lipinski definition) is 1. The molecule has 3 nitrogen and oxygen atoms in total. The number of hydrogen-bond acceptors (Lipinski definition) is 2. The normalized spacial score (nSPS) is 18.3. The molecule has 0 unspecified atom stereocenters. The van der Waals surface area contributed by atoms with E-state index in [2.05, 4.69) is 18.1 Å². The first kappa shape index (κ1) is 13.3. The van der Waals surface area contributed by atoms with E-state index in [1.54, 1.807) is 0 Å². The Kier molecular flexibility index (Phi) is 4.23. The Morgan fingerprint density at radius 3 is 2.50 bits per heavy atom. The van der Waals surface area contributed by atoms with Gasteiger partial charge in [0.05, 0.1) is 12.3 Å². The summed E-state index contributed by atoms with van der Waals surface area (Å²) in [5, 5.41) is 14.1. The fourth-order valence-electron chi connectivity index (χ4n) is 2.95. The summed E-state index contributed by atoms with van der Waals surface area (Å²) >= 11 is 0. The minimum absolute atomic E-state index is 0.179. The van der Waals surface area contributed by atoms with Gasteiger partial charge >= 0.3 is 0 Å². The van der Waals surface area contributed by atoms with Crippen LogP contribution >= 0.6 is 0 Å². The highest BCUT2D eigenvalue weighted by atomic mass is 16.3. The quantitative estimate of drug-likeness (QED) is 0.893. The Hall–Kier alpha value is -1.09. The van der Waals surface area contributed by atoms with Crippen molar-refractivity contribution in [1.82, 2.24) is 9.78 Å². The Morgan fingerprint density at radius 1 is 1.33 bits per heavy atom. The molecule has 1 aromatic heterocycles. The van der Waals surface area contributed by atoms with Gasteiger partial charge < -0.3 is 5.11 Å². The molecule has 1 aliphatic rings. The number of aryl methyl sites for hydroxylation is 2. The van der Waals surface area contributed by atoms with E-state index in [4.69, 9.17) is 0 Å². The summed E-state index contributed by atoms with van der Waals surface area (Å²) in [6.07, 6.45) is 8.57. The summed E-state index contributed by atoms with van der Waals surface area (Å²) in [7, 11) is 1.97. The molecule has 1 N–H and O–H groups in total. The minimum atomic E-state index is 0.179. The first-order valence-corrected chi connectivity index (χ1v) is 6.95. The SMILES string of the molecule is Cc1nn(C)c(C)c1C=C(CO)C1CCCCC1. The van der Waals surface area contributed by atoms with E-state index in [-0.39, 0.29) is 6.61 Å². The van der Waals surface area contributed by atoms with Crippen LogP contribution in [-0.4, -0.2) is 21.5 Å². The van der Waals surface area contributed by atoms with Crippen LogP contribution in [0.5, 0.6) is 0 Å². The third-order valence-corrected chi connectivity index (χ3v) is 4.21. The average molecular weight is 248 g/mol. The van der Waals surface area contributed by atoms with E-state index >= 15 is 0 Å². The van der Waals surface area contributed by atoms with Gasteiger partial charge in [0.25, 0.3) is 0 Å². The van der Waals surface area contributed by atoms with E-state index in [1.807, 2.05) is 18.7 Å². The first-order valence-electron chi connectivity index (χ1n) is 6.95. The predicted molar refractivity (Wildman–Crippen MR) is 74.3 cm³/mol. The Labute approximate surface area is 110 Å². The summed E-state index contributed by atoms with van der Waals surface area (Å²) in [4.78, 5) is 0. The van der Waals surface area contributed by atoms with Crippen molar-refractivity contribution in [2.24, 2.45) is 13.0 Å². The molecule has 1 fully saturated rings. The minimum Gasteiger partial charge on any atom is -0.392 e. The smallest absolute Gasteiger partial charge is 0.0668 e. The molecule has 0 aliphatic heterocycles. The van der Waals surface area contributed by atoms with Crippen molar-refractivity contribution in [1.29, 1.82) is 0 Å². The zero-order chi connectivity index (χ0) is 13.1. The van der Waals surface area contributed by atoms with Gasteiger partial charge in [0.1, 0.15) is 0 Å². The number of aromatic nitrogens is 2. The van der Waals surface area contributed by atoms with Gasteiger partial charge in [0.2, 0.25) is 0 Å². The molecule has 0 amide bonds. The van der Waals surface area contributed by atoms with Gasteiger partial charge in [-0.15, -0.1) is 0 Å². The zero-order valence-corrected chi connectivity index (χ0v) is 11.7. The maximum Gasteiger partial charge on any atom is 0.0668 e. The maximum atomic E-state index is 9.63. The molecule has 1 saturated carbocycles. The molecule has 100 valence electrons. The lowest BCUT2D eigenvalue weighted by molar-refractivity contribution is 0.295. The Balaban J connectivity index is 2.27. The first-order chi connectivity index (χ1) is 8.63. The number of nitrogens with zero attached hydrogens (tertiary/aromatic N) is 2. The standard InChI is InChI=1S/C15H24N2O/c1-11-15(12(2)17(3)16-11)9-14(10-18)13-7-5-4-6-8-13/h9,13,18H,4-8,10H2,1-3H3. The summed E-state index contributed by atoms with van der Waals surface area (Å²) in [5.74, 6) is 0.572. The van der Waals surface area contributed by atoms with Crippen LogP contribution in [0.2, 0.25) is 0 Å². The van der Waals surface area contributed by atoms with Crippen molar-refractivity contribution in [3.63, 3.8) is 0 Å². The molecule has 0 aromatic carbocycles. The molecule has 3 heteroatoms. The summed E-state index contributed by atoms with van der Waals surface area (Å²) in [6.45, 7) is 4.30. The summed E-state index contributed by atoms with van der Waals surface area (Å²) < 4.78 is 1.91. The van der Waals surface area contributed by atoms with Crippen LogP contribution in [0.3, 0.4) is 0 Å². The van der Waals surface area contributed by atoms with Crippen LogP contribution in [0.15, 0.2) is 5.57 Å². The van der Waals surface area contributed by atoms with Crippen molar-refractivity contribution in [2.75, 3.05) is 6.61 Å². The van der Waals surface area contributed by atoms with Gasteiger partial charge in [0, 0.05) is 18.3 Å². The van der Waals surface area contributed by atoms with Crippen molar-refractivity contribution < 1.29 is 5.11 Å². The monoisotopic (exact) mass is 248 g/mol. The molecule has 2 rings (SSSR count). The van der Waals surface area contributed by atoms with Gasteiger partial charge in [-0.2, -0.15) is 5.10 Å². The van der Waals surface area contributed by atoms with Gasteiger partial charge in [-0.3, -0.25) is 4.68 Å². The lowest BCUT2D eigenvalue weighted by Crippen LogP contribution is -2.11. The van der Waals surface area contributed by atoms with Crippen molar-refractivity contribution in [3.8, 4) is 0 Å². The highest BCUT2D eigenvalue weighted by molar-refractivity contribution is 5.58. The van der Waals surface area contributed by atoms with Crippen LogP contribution in [0.4, 0.5) is 0 Å². The van der Waals surface area contributed by atoms with E-state index in [9.17, 15) is 5.11 Å². The Bertz CT molecular complexity index is 440. The van der Waals surface area contributed by atoms with Gasteiger partial charge in [-0.25, -0.2) is 0 Å². The lowest BCUT2D eigenvalue weighted by atomic mass is 9.83. The topological polar surface area (TPSA) is 38.0 Å². The number of rotatable bonds is 3. The van der Waals surface area contributed by atoms with Crippen LogP contribution in [-0.2, 0) is 7.05 Å².